The van der Waals surface area contributed by atoms with E-state index in [1.807, 2.05) is 20.0 Å². The molecule has 10 rings (SSSR count). The highest BCUT2D eigenvalue weighted by atomic mass is 16.7. The van der Waals surface area contributed by atoms with Crippen LogP contribution in [-0.2, 0) is 18.9 Å². The van der Waals surface area contributed by atoms with Gasteiger partial charge < -0.3 is 57.7 Å². The predicted octanol–water partition coefficient (Wildman–Crippen LogP) is 7.46. The molecule has 4 atom stereocenters. The lowest BCUT2D eigenvalue weighted by Gasteiger charge is -2.37. The van der Waals surface area contributed by atoms with Crippen LogP contribution in [0.15, 0.2) is 80.0 Å². The summed E-state index contributed by atoms with van der Waals surface area (Å²) in [5.41, 5.74) is 4.13. The molecule has 406 valence electrons. The Morgan fingerprint density at radius 1 is 0.803 bits per heavy atom. The van der Waals surface area contributed by atoms with Gasteiger partial charge in [-0.3, -0.25) is 19.4 Å². The van der Waals surface area contributed by atoms with Crippen LogP contribution in [0, 0.1) is 5.41 Å². The third-order valence-corrected chi connectivity index (χ3v) is 15.6. The number of aliphatic hydroxyl groups excluding tert-OH is 1. The largest absolute Gasteiger partial charge is 0.493 e. The number of anilines is 3. The molecule has 19 nitrogen and oxygen atoms in total. The molecule has 0 aromatic heterocycles. The van der Waals surface area contributed by atoms with Crippen molar-refractivity contribution in [2.45, 2.75) is 89.0 Å². The van der Waals surface area contributed by atoms with Crippen molar-refractivity contribution in [2.24, 2.45) is 5.41 Å². The second kappa shape index (κ2) is 22.0. The van der Waals surface area contributed by atoms with Gasteiger partial charge in [0.25, 0.3) is 11.8 Å². The quantitative estimate of drug-likeness (QED) is 0.0979. The molecule has 3 aromatic rings. The van der Waals surface area contributed by atoms with Gasteiger partial charge in [0.05, 0.1) is 81.3 Å². The van der Waals surface area contributed by atoms with Crippen molar-refractivity contribution >= 4 is 46.6 Å². The zero-order valence-electron chi connectivity index (χ0n) is 44.0. The Labute approximate surface area is 444 Å². The average Bonchev–Trinajstić information content (AvgIpc) is 3.76. The SMILES string of the molecule is C=CCOC(=O)N1C[C@@H]2CC(c3ccc(N4CCN(C[C@H]5COC(C)(C)O5)CC4)cc3)=CN2C(=O)c2cc(OC)c(OCCCCCOc3cc4c(cc3OC)C(=O)N3CC5(CC5)C[C@H]3C(O)N4C(=O)OCC=C)cc21. The molecule has 4 fully saturated rings. The summed E-state index contributed by atoms with van der Waals surface area (Å²) in [6, 6.07) is 14.0. The summed E-state index contributed by atoms with van der Waals surface area (Å²) in [6.45, 7) is 17.6. The van der Waals surface area contributed by atoms with Crippen molar-refractivity contribution in [2.75, 3.05) is 108 Å². The van der Waals surface area contributed by atoms with Gasteiger partial charge in [0, 0.05) is 63.3 Å². The smallest absolute Gasteiger partial charge is 0.416 e. The number of piperazine rings is 1. The number of rotatable bonds is 18. The highest BCUT2D eigenvalue weighted by molar-refractivity contribution is 6.07. The third kappa shape index (κ3) is 10.8. The molecule has 76 heavy (non-hydrogen) atoms. The molecule has 4 amide bonds. The van der Waals surface area contributed by atoms with Gasteiger partial charge >= 0.3 is 12.2 Å². The van der Waals surface area contributed by atoms with Gasteiger partial charge in [0.15, 0.2) is 35.0 Å². The van der Waals surface area contributed by atoms with E-state index in [9.17, 15) is 24.3 Å². The van der Waals surface area contributed by atoms with E-state index in [0.717, 1.165) is 67.3 Å². The van der Waals surface area contributed by atoms with Crippen LogP contribution < -0.4 is 33.6 Å². The molecular formula is C57H70N6O13. The van der Waals surface area contributed by atoms with E-state index in [2.05, 4.69) is 47.2 Å². The predicted molar refractivity (Wildman–Crippen MR) is 283 cm³/mol. The number of hydrogen-bond donors (Lipinski definition) is 1. The molecule has 1 spiro atoms. The molecule has 3 saturated heterocycles. The van der Waals surface area contributed by atoms with Crippen LogP contribution >= 0.6 is 0 Å². The van der Waals surface area contributed by atoms with Crippen LogP contribution in [0.5, 0.6) is 23.0 Å². The standard InChI is InChI=1S/C57H70N6O13/c1-7-22-73-54(67)61-33-40-26-38(37-12-14-39(15-13-37)59-20-18-58(19-21-59)34-41-35-75-56(3,4)76-41)32-60(40)51(64)42-27-47(69-5)49(29-44(42)61)71-24-10-9-11-25-72-50-30-45-43(28-48(50)70-6)52(65)62-36-57(16-17-57)31-46(62)53(66)63(45)55(68)74-23-8-2/h7-8,12-15,27-30,32,40-41,46,53,66H,1-2,9-11,16-26,31,33-36H2,3-6H3/t40-,41-,46-,53?/m0/s1. The van der Waals surface area contributed by atoms with E-state index in [1.54, 1.807) is 34.1 Å². The van der Waals surface area contributed by atoms with Gasteiger partial charge in [0.1, 0.15) is 13.2 Å². The summed E-state index contributed by atoms with van der Waals surface area (Å²) >= 11 is 0. The highest BCUT2D eigenvalue weighted by Gasteiger charge is 2.58. The fourth-order valence-electron chi connectivity index (χ4n) is 11.4. The first-order chi connectivity index (χ1) is 36.7. The van der Waals surface area contributed by atoms with Crippen molar-refractivity contribution in [3.8, 4) is 23.0 Å². The lowest BCUT2D eigenvalue weighted by molar-refractivity contribution is -0.140. The van der Waals surface area contributed by atoms with Crippen molar-refractivity contribution in [1.29, 1.82) is 0 Å². The number of ether oxygens (including phenoxy) is 8. The summed E-state index contributed by atoms with van der Waals surface area (Å²) < 4.78 is 46.8. The number of unbranched alkanes of at least 4 members (excludes halogenated alkanes) is 2. The van der Waals surface area contributed by atoms with E-state index in [-0.39, 0.29) is 79.2 Å². The monoisotopic (exact) mass is 1050 g/mol. The topological polar surface area (TPSA) is 182 Å². The van der Waals surface area contributed by atoms with Crippen LogP contribution in [0.4, 0.5) is 26.7 Å². The van der Waals surface area contributed by atoms with Gasteiger partial charge in [-0.1, -0.05) is 37.4 Å². The number of methoxy groups -OCH3 is 2. The number of carbonyl (C=O) groups excluding carboxylic acids is 4. The van der Waals surface area contributed by atoms with Crippen molar-refractivity contribution in [3.63, 3.8) is 0 Å². The summed E-state index contributed by atoms with van der Waals surface area (Å²) in [7, 11) is 2.99. The molecule has 0 bridgehead atoms. The second-order valence-electron chi connectivity index (χ2n) is 21.1. The van der Waals surface area contributed by atoms with E-state index in [0.29, 0.717) is 73.9 Å². The van der Waals surface area contributed by atoms with Crippen LogP contribution in [0.25, 0.3) is 5.57 Å². The van der Waals surface area contributed by atoms with Crippen LogP contribution in [0.1, 0.15) is 85.1 Å². The zero-order chi connectivity index (χ0) is 53.3. The maximum Gasteiger partial charge on any atom is 0.416 e. The maximum atomic E-state index is 14.5. The third-order valence-electron chi connectivity index (χ3n) is 15.6. The fourth-order valence-corrected chi connectivity index (χ4v) is 11.4. The molecule has 1 saturated carbocycles. The molecule has 3 aromatic carbocycles. The van der Waals surface area contributed by atoms with Crippen molar-refractivity contribution in [1.82, 2.24) is 14.7 Å². The Bertz CT molecular complexity index is 2740. The second-order valence-corrected chi connectivity index (χ2v) is 21.1. The van der Waals surface area contributed by atoms with Gasteiger partial charge in [-0.05, 0) is 99.6 Å². The number of amides is 4. The minimum Gasteiger partial charge on any atom is -0.493 e. The number of aliphatic hydroxyl groups is 1. The normalized spacial score (nSPS) is 23.2. The molecule has 1 unspecified atom stereocenters. The molecule has 0 radical (unpaired) electrons. The maximum absolute atomic E-state index is 14.5. The Balaban J connectivity index is 0.773. The fraction of sp³-hybridized carbons (Fsp3) is 0.509. The molecule has 6 aliphatic heterocycles. The summed E-state index contributed by atoms with van der Waals surface area (Å²) in [5.74, 6) is 0.231. The number of benzene rings is 3. The van der Waals surface area contributed by atoms with Gasteiger partial charge in [-0.25, -0.2) is 14.5 Å². The van der Waals surface area contributed by atoms with Crippen molar-refractivity contribution in [3.05, 3.63) is 96.7 Å². The molecule has 1 aliphatic carbocycles. The summed E-state index contributed by atoms with van der Waals surface area (Å²) in [5, 5.41) is 11.7. The van der Waals surface area contributed by atoms with Crippen molar-refractivity contribution < 1.29 is 62.2 Å². The van der Waals surface area contributed by atoms with E-state index in [1.165, 1.54) is 31.3 Å². The zero-order valence-corrected chi connectivity index (χ0v) is 44.0. The molecular weight excluding hydrogens is 977 g/mol. The average molecular weight is 1050 g/mol. The Kier molecular flexibility index (Phi) is 15.3. The number of nitrogens with zero attached hydrogens (tertiary/aromatic N) is 6. The summed E-state index contributed by atoms with van der Waals surface area (Å²) in [6.07, 6.45) is 7.14. The number of fused-ring (bicyclic) bond motifs is 4. The first-order valence-electron chi connectivity index (χ1n) is 26.5. The molecule has 6 heterocycles. The lowest BCUT2D eigenvalue weighted by Crippen LogP contribution is -2.50. The molecule has 7 aliphatic rings. The number of carbonyl (C=O) groups is 4. The van der Waals surface area contributed by atoms with Gasteiger partial charge in [0.2, 0.25) is 0 Å². The Hall–Kier alpha value is -6.80. The van der Waals surface area contributed by atoms with Gasteiger partial charge in [-0.2, -0.15) is 0 Å². The molecule has 1 N–H and O–H groups in total. The summed E-state index contributed by atoms with van der Waals surface area (Å²) in [4.78, 5) is 66.8. The minimum absolute atomic E-state index is 0.00568. The Morgan fingerprint density at radius 3 is 2.04 bits per heavy atom. The van der Waals surface area contributed by atoms with Gasteiger partial charge in [-0.15, -0.1) is 0 Å². The van der Waals surface area contributed by atoms with Crippen LogP contribution in [0.3, 0.4) is 0 Å². The first-order valence-corrected chi connectivity index (χ1v) is 26.5. The minimum atomic E-state index is -1.33. The van der Waals surface area contributed by atoms with Crippen LogP contribution in [0.2, 0.25) is 0 Å². The van der Waals surface area contributed by atoms with E-state index in [4.69, 9.17) is 37.9 Å². The van der Waals surface area contributed by atoms with E-state index < -0.39 is 30.2 Å². The first kappa shape index (κ1) is 52.6. The van der Waals surface area contributed by atoms with E-state index >= 15 is 0 Å². The molecule has 19 heteroatoms. The highest BCUT2D eigenvalue weighted by Crippen LogP contribution is 2.57. The number of hydrogen-bond acceptors (Lipinski definition) is 15. The Morgan fingerprint density at radius 2 is 1.43 bits per heavy atom. The van der Waals surface area contributed by atoms with Crippen LogP contribution in [-0.4, -0.2) is 167 Å². The lowest BCUT2D eigenvalue weighted by atomic mass is 10.0.